The lowest BCUT2D eigenvalue weighted by molar-refractivity contribution is 0.0963. The fourth-order valence-corrected chi connectivity index (χ4v) is 4.71. The third-order valence-electron chi connectivity index (χ3n) is 6.84. The fourth-order valence-electron chi connectivity index (χ4n) is 4.71. The standard InChI is InChI=1S/C31H37N5O3/c1-16(26-18(3)36-39-19(26)4)11-25-24(12-17(2)38-10)27-28(33-20(5)34-29(27)35-25)21-13-22(30(37)32-9)15-23(14-21)31(6,7)8/h11-15,17H,1H2,2-10H3,(H,32,37)(H,33,34,35)/b24-12+,25-11+. The number of hydrogen-bond acceptors (Lipinski definition) is 6. The molecule has 1 amide bonds. The number of nitrogens with one attached hydrogen (secondary N) is 2. The molecule has 0 aliphatic rings. The van der Waals surface area contributed by atoms with Crippen LogP contribution in [0.15, 0.2) is 29.3 Å². The maximum absolute atomic E-state index is 12.8. The molecule has 8 heteroatoms. The minimum absolute atomic E-state index is 0.150. The van der Waals surface area contributed by atoms with E-state index in [1.807, 2.05) is 52.0 Å². The van der Waals surface area contributed by atoms with E-state index in [1.54, 1.807) is 14.2 Å². The second kappa shape index (κ2) is 10.6. The predicted octanol–water partition coefficient (Wildman–Crippen LogP) is 4.50. The number of nitrogens with zero attached hydrogens (tertiary/aromatic N) is 3. The molecular weight excluding hydrogens is 490 g/mol. The van der Waals surface area contributed by atoms with E-state index in [0.717, 1.165) is 49.6 Å². The summed E-state index contributed by atoms with van der Waals surface area (Å²) >= 11 is 0. The molecule has 0 bridgehead atoms. The largest absolute Gasteiger partial charge is 0.378 e. The zero-order valence-electron chi connectivity index (χ0n) is 24.2. The summed E-state index contributed by atoms with van der Waals surface area (Å²) in [7, 11) is 3.31. The van der Waals surface area contributed by atoms with Crippen LogP contribution in [0.25, 0.3) is 40.0 Å². The molecule has 0 radical (unpaired) electrons. The quantitative estimate of drug-likeness (QED) is 0.382. The van der Waals surface area contributed by atoms with Gasteiger partial charge in [0.2, 0.25) is 0 Å². The molecule has 1 unspecified atom stereocenters. The van der Waals surface area contributed by atoms with Gasteiger partial charge in [0.25, 0.3) is 5.91 Å². The molecule has 0 fully saturated rings. The minimum atomic E-state index is -0.181. The molecule has 2 N–H and O–H groups in total. The summed E-state index contributed by atoms with van der Waals surface area (Å²) in [6, 6.07) is 5.94. The third kappa shape index (κ3) is 5.56. The molecule has 39 heavy (non-hydrogen) atoms. The van der Waals surface area contributed by atoms with Crippen LogP contribution >= 0.6 is 0 Å². The van der Waals surface area contributed by atoms with Gasteiger partial charge in [-0.2, -0.15) is 0 Å². The van der Waals surface area contributed by atoms with Gasteiger partial charge in [0, 0.05) is 41.4 Å². The van der Waals surface area contributed by atoms with E-state index in [1.165, 1.54) is 0 Å². The molecule has 0 spiro atoms. The van der Waals surface area contributed by atoms with E-state index >= 15 is 0 Å². The maximum atomic E-state index is 12.8. The van der Waals surface area contributed by atoms with E-state index in [4.69, 9.17) is 19.2 Å². The van der Waals surface area contributed by atoms with Crippen LogP contribution in [0.1, 0.15) is 66.5 Å². The number of amides is 1. The first kappa shape index (κ1) is 28.0. The van der Waals surface area contributed by atoms with E-state index in [2.05, 4.69) is 48.9 Å². The average molecular weight is 528 g/mol. The highest BCUT2D eigenvalue weighted by atomic mass is 16.5. The molecule has 4 aromatic rings. The van der Waals surface area contributed by atoms with Crippen molar-refractivity contribution < 1.29 is 14.1 Å². The lowest BCUT2D eigenvalue weighted by Gasteiger charge is -2.21. The monoisotopic (exact) mass is 527 g/mol. The summed E-state index contributed by atoms with van der Waals surface area (Å²) in [5.41, 5.74) is 6.11. The molecule has 0 aliphatic heterocycles. The van der Waals surface area contributed by atoms with Crippen LogP contribution in [-0.4, -0.2) is 46.3 Å². The topological polar surface area (TPSA) is 106 Å². The molecule has 3 aromatic heterocycles. The Balaban J connectivity index is 2.11. The minimum Gasteiger partial charge on any atom is -0.378 e. The Morgan fingerprint density at radius 1 is 1.18 bits per heavy atom. The van der Waals surface area contributed by atoms with Gasteiger partial charge >= 0.3 is 0 Å². The van der Waals surface area contributed by atoms with E-state index < -0.39 is 0 Å². The first-order valence-corrected chi connectivity index (χ1v) is 13.0. The molecule has 3 heterocycles. The number of aryl methyl sites for hydroxylation is 3. The number of aromatic nitrogens is 4. The van der Waals surface area contributed by atoms with Crippen LogP contribution in [0.4, 0.5) is 0 Å². The molecule has 0 saturated heterocycles. The Bertz CT molecular complexity index is 1680. The number of rotatable bonds is 6. The fraction of sp³-hybridized carbons (Fsp3) is 0.355. The van der Waals surface area contributed by atoms with Gasteiger partial charge in [0.1, 0.15) is 17.2 Å². The van der Waals surface area contributed by atoms with Gasteiger partial charge in [-0.1, -0.05) is 32.5 Å². The number of carbonyl (C=O) groups excluding carboxylic acids is 1. The first-order valence-electron chi connectivity index (χ1n) is 13.0. The molecule has 1 aromatic carbocycles. The van der Waals surface area contributed by atoms with Crippen molar-refractivity contribution in [2.75, 3.05) is 14.2 Å². The number of methoxy groups -OCH3 is 1. The molecule has 0 aliphatic carbocycles. The Kier molecular flexibility index (Phi) is 7.61. The number of benzene rings is 1. The zero-order valence-corrected chi connectivity index (χ0v) is 24.2. The average Bonchev–Trinajstić information content (AvgIpc) is 3.39. The summed E-state index contributed by atoms with van der Waals surface area (Å²) in [6.07, 6.45) is 3.84. The Morgan fingerprint density at radius 2 is 1.90 bits per heavy atom. The second-order valence-electron chi connectivity index (χ2n) is 10.9. The molecule has 8 nitrogen and oxygen atoms in total. The van der Waals surface area contributed by atoms with Crippen molar-refractivity contribution >= 4 is 34.7 Å². The Morgan fingerprint density at radius 3 is 2.49 bits per heavy atom. The van der Waals surface area contributed by atoms with Crippen LogP contribution in [0.5, 0.6) is 0 Å². The normalized spacial score (nSPS) is 13.8. The number of carbonyl (C=O) groups is 1. The van der Waals surface area contributed by atoms with Crippen LogP contribution < -0.4 is 15.9 Å². The number of ether oxygens (including phenoxy) is 1. The Labute approximate surface area is 228 Å². The summed E-state index contributed by atoms with van der Waals surface area (Å²) in [6.45, 7) is 18.3. The zero-order chi connectivity index (χ0) is 28.6. The summed E-state index contributed by atoms with van der Waals surface area (Å²) < 4.78 is 11.0. The van der Waals surface area contributed by atoms with Crippen LogP contribution in [-0.2, 0) is 10.2 Å². The van der Waals surface area contributed by atoms with Gasteiger partial charge < -0.3 is 19.6 Å². The van der Waals surface area contributed by atoms with E-state index in [0.29, 0.717) is 22.8 Å². The van der Waals surface area contributed by atoms with Crippen molar-refractivity contribution in [2.24, 2.45) is 0 Å². The molecule has 204 valence electrons. The highest BCUT2D eigenvalue weighted by Crippen LogP contribution is 2.31. The smallest absolute Gasteiger partial charge is 0.251 e. The van der Waals surface area contributed by atoms with Crippen molar-refractivity contribution in [3.63, 3.8) is 0 Å². The van der Waals surface area contributed by atoms with Gasteiger partial charge in [-0.3, -0.25) is 4.79 Å². The first-order chi connectivity index (χ1) is 18.3. The van der Waals surface area contributed by atoms with Gasteiger partial charge in [-0.05, 0) is 74.6 Å². The highest BCUT2D eigenvalue weighted by Gasteiger charge is 2.21. The van der Waals surface area contributed by atoms with Crippen molar-refractivity contribution in [2.45, 2.75) is 60.0 Å². The molecular formula is C31H37N5O3. The van der Waals surface area contributed by atoms with Crippen molar-refractivity contribution in [1.29, 1.82) is 0 Å². The van der Waals surface area contributed by atoms with Crippen molar-refractivity contribution in [1.82, 2.24) is 25.4 Å². The van der Waals surface area contributed by atoms with E-state index in [-0.39, 0.29) is 17.4 Å². The third-order valence-corrected chi connectivity index (χ3v) is 6.84. The highest BCUT2D eigenvalue weighted by molar-refractivity contribution is 5.98. The second-order valence-corrected chi connectivity index (χ2v) is 10.9. The lowest BCUT2D eigenvalue weighted by atomic mass is 9.84. The number of allylic oxidation sites excluding steroid dienone is 1. The number of fused-ring (bicyclic) bond motifs is 1. The van der Waals surface area contributed by atoms with Gasteiger partial charge in [0.05, 0.1) is 22.9 Å². The Hall–Kier alpha value is -4.04. The molecule has 1 atom stereocenters. The molecule has 0 saturated carbocycles. The van der Waals surface area contributed by atoms with E-state index in [9.17, 15) is 4.79 Å². The summed E-state index contributed by atoms with van der Waals surface area (Å²) in [5.74, 6) is 1.17. The van der Waals surface area contributed by atoms with Gasteiger partial charge in [-0.15, -0.1) is 0 Å². The lowest BCUT2D eigenvalue weighted by Crippen LogP contribution is -2.25. The van der Waals surface area contributed by atoms with Crippen molar-refractivity contribution in [3.05, 3.63) is 69.3 Å². The number of H-pyrrole nitrogens is 1. The van der Waals surface area contributed by atoms with Crippen molar-refractivity contribution in [3.8, 4) is 11.3 Å². The van der Waals surface area contributed by atoms with Gasteiger partial charge in [0.15, 0.2) is 0 Å². The molecule has 4 rings (SSSR count). The maximum Gasteiger partial charge on any atom is 0.251 e. The number of aromatic amines is 1. The van der Waals surface area contributed by atoms with Crippen LogP contribution in [0.3, 0.4) is 0 Å². The van der Waals surface area contributed by atoms with Gasteiger partial charge in [-0.25, -0.2) is 9.97 Å². The SMILES string of the molecule is C=C(/C=c1/[nH]c2nc(C)nc(-c3cc(C(=O)NC)cc(C(C)(C)C)c3)c2/c1=C/C(C)OC)c1c(C)noc1C. The number of hydrogen-bond donors (Lipinski definition) is 2. The van der Waals surface area contributed by atoms with Crippen LogP contribution in [0.2, 0.25) is 0 Å². The summed E-state index contributed by atoms with van der Waals surface area (Å²) in [4.78, 5) is 25.9. The van der Waals surface area contributed by atoms with Crippen LogP contribution in [0, 0.1) is 20.8 Å². The summed E-state index contributed by atoms with van der Waals surface area (Å²) in [5, 5.41) is 9.39. The predicted molar refractivity (Wildman–Crippen MR) is 156 cm³/mol.